The van der Waals surface area contributed by atoms with E-state index in [1.807, 2.05) is 59.5 Å². The monoisotopic (exact) mass is 401 g/mol. The number of nitrogens with zero attached hydrogens (tertiary/aromatic N) is 4. The molecule has 0 spiro atoms. The quantitative estimate of drug-likeness (QED) is 0.690. The molecule has 3 aromatic rings. The SMILES string of the molecule is CCn1cnnc1CCNC(=O)c1ccc(-c2ccccc2Br)n1C. The second kappa shape index (κ2) is 7.65. The molecule has 1 aromatic carbocycles. The smallest absolute Gasteiger partial charge is 0.267 e. The molecule has 0 saturated heterocycles. The fourth-order valence-electron chi connectivity index (χ4n) is 2.79. The van der Waals surface area contributed by atoms with Crippen molar-refractivity contribution < 1.29 is 4.79 Å². The van der Waals surface area contributed by atoms with E-state index in [9.17, 15) is 4.79 Å². The Labute approximate surface area is 155 Å². The Morgan fingerprint density at radius 2 is 2.04 bits per heavy atom. The zero-order chi connectivity index (χ0) is 17.8. The molecule has 0 unspecified atom stereocenters. The van der Waals surface area contributed by atoms with Crippen LogP contribution >= 0.6 is 15.9 Å². The van der Waals surface area contributed by atoms with Crippen LogP contribution in [0.1, 0.15) is 23.2 Å². The van der Waals surface area contributed by atoms with E-state index in [-0.39, 0.29) is 5.91 Å². The van der Waals surface area contributed by atoms with Gasteiger partial charge in [-0.25, -0.2) is 0 Å². The number of halogens is 1. The number of benzene rings is 1. The zero-order valence-corrected chi connectivity index (χ0v) is 15.8. The Morgan fingerprint density at radius 3 is 2.80 bits per heavy atom. The molecule has 0 bridgehead atoms. The van der Waals surface area contributed by atoms with E-state index in [2.05, 4.69) is 31.4 Å². The highest BCUT2D eigenvalue weighted by Gasteiger charge is 2.15. The lowest BCUT2D eigenvalue weighted by atomic mass is 10.1. The highest BCUT2D eigenvalue weighted by atomic mass is 79.9. The molecule has 6 nitrogen and oxygen atoms in total. The lowest BCUT2D eigenvalue weighted by molar-refractivity contribution is 0.0946. The zero-order valence-electron chi connectivity index (χ0n) is 14.2. The maximum Gasteiger partial charge on any atom is 0.267 e. The minimum Gasteiger partial charge on any atom is -0.350 e. The van der Waals surface area contributed by atoms with Crippen LogP contribution in [-0.2, 0) is 20.0 Å². The Hall–Kier alpha value is -2.41. The molecule has 2 heterocycles. The van der Waals surface area contributed by atoms with Gasteiger partial charge in [0.25, 0.3) is 5.91 Å². The van der Waals surface area contributed by atoms with Gasteiger partial charge in [0.15, 0.2) is 0 Å². The predicted octanol–water partition coefficient (Wildman–Crippen LogP) is 3.04. The van der Waals surface area contributed by atoms with Gasteiger partial charge in [-0.05, 0) is 25.1 Å². The molecule has 0 aliphatic rings. The summed E-state index contributed by atoms with van der Waals surface area (Å²) >= 11 is 3.56. The van der Waals surface area contributed by atoms with Crippen LogP contribution < -0.4 is 5.32 Å². The average Bonchev–Trinajstić information content (AvgIpc) is 3.21. The van der Waals surface area contributed by atoms with Gasteiger partial charge in [0.05, 0.1) is 0 Å². The first-order chi connectivity index (χ1) is 12.1. The Bertz CT molecular complexity index is 883. The molecule has 25 heavy (non-hydrogen) atoms. The van der Waals surface area contributed by atoms with Crippen molar-refractivity contribution in [1.29, 1.82) is 0 Å². The number of carbonyl (C=O) groups excluding carboxylic acids is 1. The Morgan fingerprint density at radius 1 is 1.24 bits per heavy atom. The first kappa shape index (κ1) is 17.4. The van der Waals surface area contributed by atoms with Gasteiger partial charge in [0, 0.05) is 42.3 Å². The van der Waals surface area contributed by atoms with Crippen molar-refractivity contribution in [2.24, 2.45) is 7.05 Å². The maximum absolute atomic E-state index is 12.5. The van der Waals surface area contributed by atoms with Crippen molar-refractivity contribution in [3.05, 3.63) is 58.7 Å². The van der Waals surface area contributed by atoms with Crippen LogP contribution in [0, 0.1) is 0 Å². The Balaban J connectivity index is 1.68. The van der Waals surface area contributed by atoms with Crippen molar-refractivity contribution in [2.45, 2.75) is 19.9 Å². The van der Waals surface area contributed by atoms with Crippen LogP contribution in [0.15, 0.2) is 47.2 Å². The summed E-state index contributed by atoms with van der Waals surface area (Å²) in [6.07, 6.45) is 2.36. The molecule has 0 radical (unpaired) electrons. The number of amides is 1. The lowest BCUT2D eigenvalue weighted by Crippen LogP contribution is -2.28. The fourth-order valence-corrected chi connectivity index (χ4v) is 3.28. The third kappa shape index (κ3) is 3.66. The molecule has 1 amide bonds. The lowest BCUT2D eigenvalue weighted by Gasteiger charge is -2.10. The van der Waals surface area contributed by atoms with Crippen LogP contribution in [0.4, 0.5) is 0 Å². The second-order valence-corrected chi connectivity index (χ2v) is 6.54. The highest BCUT2D eigenvalue weighted by Crippen LogP contribution is 2.28. The van der Waals surface area contributed by atoms with E-state index in [4.69, 9.17) is 0 Å². The number of aryl methyl sites for hydroxylation is 1. The van der Waals surface area contributed by atoms with E-state index in [0.717, 1.165) is 28.1 Å². The molecule has 0 aliphatic carbocycles. The van der Waals surface area contributed by atoms with Crippen molar-refractivity contribution >= 4 is 21.8 Å². The summed E-state index contributed by atoms with van der Waals surface area (Å²) in [5, 5.41) is 10.9. The molecule has 130 valence electrons. The summed E-state index contributed by atoms with van der Waals surface area (Å²) < 4.78 is 4.88. The number of nitrogens with one attached hydrogen (secondary N) is 1. The normalized spacial score (nSPS) is 10.8. The summed E-state index contributed by atoms with van der Waals surface area (Å²) in [5.74, 6) is 0.784. The second-order valence-electron chi connectivity index (χ2n) is 5.68. The van der Waals surface area contributed by atoms with E-state index >= 15 is 0 Å². The van der Waals surface area contributed by atoms with Crippen molar-refractivity contribution in [1.82, 2.24) is 24.6 Å². The maximum atomic E-state index is 12.5. The molecular weight excluding hydrogens is 382 g/mol. The van der Waals surface area contributed by atoms with Gasteiger partial charge >= 0.3 is 0 Å². The summed E-state index contributed by atoms with van der Waals surface area (Å²) in [5.41, 5.74) is 2.67. The topological polar surface area (TPSA) is 64.7 Å². The first-order valence-corrected chi connectivity index (χ1v) is 8.96. The number of aromatic nitrogens is 4. The first-order valence-electron chi connectivity index (χ1n) is 8.17. The number of carbonyl (C=O) groups is 1. The fraction of sp³-hybridized carbons (Fsp3) is 0.278. The third-order valence-electron chi connectivity index (χ3n) is 4.17. The molecule has 7 heteroatoms. The standard InChI is InChI=1S/C18H20BrN5O/c1-3-24-12-21-22-17(24)10-11-20-18(25)16-9-8-15(23(16)2)13-6-4-5-7-14(13)19/h4-9,12H,3,10-11H2,1-2H3,(H,20,25). The number of hydrogen-bond donors (Lipinski definition) is 1. The van der Waals surface area contributed by atoms with Crippen LogP contribution in [0.25, 0.3) is 11.3 Å². The van der Waals surface area contributed by atoms with Gasteiger partial charge in [-0.3, -0.25) is 4.79 Å². The summed E-state index contributed by atoms with van der Waals surface area (Å²) in [6.45, 7) is 3.38. The minimum atomic E-state index is -0.0941. The molecular formula is C18H20BrN5O. The van der Waals surface area contributed by atoms with Gasteiger partial charge in [-0.2, -0.15) is 0 Å². The predicted molar refractivity (Wildman–Crippen MR) is 100 cm³/mol. The van der Waals surface area contributed by atoms with Gasteiger partial charge in [-0.15, -0.1) is 10.2 Å². The molecule has 0 fully saturated rings. The molecule has 0 atom stereocenters. The van der Waals surface area contributed by atoms with Gasteiger partial charge < -0.3 is 14.5 Å². The molecule has 3 rings (SSSR count). The van der Waals surface area contributed by atoms with Gasteiger partial charge in [-0.1, -0.05) is 34.1 Å². The van der Waals surface area contributed by atoms with Crippen LogP contribution in [0.5, 0.6) is 0 Å². The summed E-state index contributed by atoms with van der Waals surface area (Å²) in [4.78, 5) is 12.5. The van der Waals surface area contributed by atoms with Crippen molar-refractivity contribution in [3.8, 4) is 11.3 Å². The number of hydrogen-bond acceptors (Lipinski definition) is 3. The third-order valence-corrected chi connectivity index (χ3v) is 4.87. The molecule has 0 saturated carbocycles. The van der Waals surface area contributed by atoms with Crippen LogP contribution in [0.2, 0.25) is 0 Å². The van der Waals surface area contributed by atoms with Crippen molar-refractivity contribution in [3.63, 3.8) is 0 Å². The van der Waals surface area contributed by atoms with E-state index in [1.165, 1.54) is 0 Å². The van der Waals surface area contributed by atoms with E-state index in [0.29, 0.717) is 18.7 Å². The average molecular weight is 402 g/mol. The number of rotatable bonds is 6. The largest absolute Gasteiger partial charge is 0.350 e. The summed E-state index contributed by atoms with van der Waals surface area (Å²) in [7, 11) is 1.90. The Kier molecular flexibility index (Phi) is 5.33. The molecule has 0 aliphatic heterocycles. The van der Waals surface area contributed by atoms with Crippen LogP contribution in [-0.4, -0.2) is 31.8 Å². The van der Waals surface area contributed by atoms with Crippen LogP contribution in [0.3, 0.4) is 0 Å². The van der Waals surface area contributed by atoms with E-state index in [1.54, 1.807) is 6.33 Å². The molecule has 1 N–H and O–H groups in total. The van der Waals surface area contributed by atoms with E-state index < -0.39 is 0 Å². The molecule has 2 aromatic heterocycles. The minimum absolute atomic E-state index is 0.0941. The van der Waals surface area contributed by atoms with Crippen molar-refractivity contribution in [2.75, 3.05) is 6.54 Å². The van der Waals surface area contributed by atoms with Gasteiger partial charge in [0.1, 0.15) is 17.8 Å². The van der Waals surface area contributed by atoms with Gasteiger partial charge in [0.2, 0.25) is 0 Å². The highest BCUT2D eigenvalue weighted by molar-refractivity contribution is 9.10. The summed E-state index contributed by atoms with van der Waals surface area (Å²) in [6, 6.07) is 11.8.